The summed E-state index contributed by atoms with van der Waals surface area (Å²) in [5, 5.41) is 32.4. The Hall–Kier alpha value is -1.39. The molecule has 0 spiro atoms. The summed E-state index contributed by atoms with van der Waals surface area (Å²) in [4.78, 5) is 12.5. The fourth-order valence-corrected chi connectivity index (χ4v) is 8.50. The smallest absolute Gasteiger partial charge is 0.306 e. The Morgan fingerprint density at radius 1 is 1.18 bits per heavy atom. The molecule has 2 fully saturated rings. The van der Waals surface area contributed by atoms with Gasteiger partial charge in [-0.15, -0.1) is 0 Å². The maximum atomic E-state index is 12.5. The molecule has 34 heavy (non-hydrogen) atoms. The average molecular weight is 471 g/mol. The molecule has 0 amide bonds. The van der Waals surface area contributed by atoms with Crippen molar-refractivity contribution >= 4 is 5.97 Å². The number of fused-ring (bicyclic) bond motifs is 5. The summed E-state index contributed by atoms with van der Waals surface area (Å²) in [6.07, 6.45) is 9.28. The zero-order valence-corrected chi connectivity index (χ0v) is 22.1. The van der Waals surface area contributed by atoms with Crippen molar-refractivity contribution in [1.82, 2.24) is 0 Å². The number of rotatable bonds is 6. The number of hydrogen-bond donors (Lipinski definition) is 3. The van der Waals surface area contributed by atoms with Crippen LogP contribution >= 0.6 is 0 Å². The maximum absolute atomic E-state index is 12.5. The first-order valence-electron chi connectivity index (χ1n) is 13.4. The van der Waals surface area contributed by atoms with E-state index in [0.717, 1.165) is 37.7 Å². The Bertz CT molecular complexity index is 911. The molecule has 0 radical (unpaired) electrons. The van der Waals surface area contributed by atoms with Gasteiger partial charge in [-0.2, -0.15) is 0 Å². The molecular weight excluding hydrogens is 424 g/mol. The van der Waals surface area contributed by atoms with E-state index in [1.807, 2.05) is 0 Å². The van der Waals surface area contributed by atoms with Gasteiger partial charge in [-0.1, -0.05) is 65.8 Å². The number of carboxylic acids is 1. The highest BCUT2D eigenvalue weighted by Gasteiger charge is 2.61. The molecule has 4 heteroatoms. The van der Waals surface area contributed by atoms with Gasteiger partial charge in [0.25, 0.3) is 0 Å². The van der Waals surface area contributed by atoms with E-state index in [1.54, 1.807) is 0 Å². The van der Waals surface area contributed by atoms with Gasteiger partial charge in [0, 0.05) is 5.92 Å². The maximum Gasteiger partial charge on any atom is 0.306 e. The highest BCUT2D eigenvalue weighted by molar-refractivity contribution is 5.71. The first kappa shape index (κ1) is 25.7. The Balaban J connectivity index is 1.67. The fourth-order valence-electron chi connectivity index (χ4n) is 8.50. The molecule has 2 saturated carbocycles. The van der Waals surface area contributed by atoms with E-state index >= 15 is 0 Å². The molecule has 4 aliphatic rings. The monoisotopic (exact) mass is 470 g/mol. The summed E-state index contributed by atoms with van der Waals surface area (Å²) in [5.41, 5.74) is 3.32. The van der Waals surface area contributed by atoms with Crippen LogP contribution in [-0.2, 0) is 4.79 Å². The van der Waals surface area contributed by atoms with Crippen LogP contribution in [0.3, 0.4) is 0 Å². The van der Waals surface area contributed by atoms with Crippen LogP contribution in [0.1, 0.15) is 86.5 Å². The number of aliphatic hydroxyl groups is 2. The van der Waals surface area contributed by atoms with Gasteiger partial charge >= 0.3 is 5.97 Å². The second kappa shape index (κ2) is 8.62. The summed E-state index contributed by atoms with van der Waals surface area (Å²) < 4.78 is 0. The van der Waals surface area contributed by atoms with Gasteiger partial charge in [0.05, 0.1) is 18.1 Å². The zero-order valence-electron chi connectivity index (χ0n) is 22.1. The van der Waals surface area contributed by atoms with Crippen molar-refractivity contribution < 1.29 is 20.1 Å². The third-order valence-corrected chi connectivity index (χ3v) is 10.9. The van der Waals surface area contributed by atoms with Gasteiger partial charge in [0.1, 0.15) is 0 Å². The van der Waals surface area contributed by atoms with Gasteiger partial charge < -0.3 is 15.3 Å². The predicted octanol–water partition coefficient (Wildman–Crippen LogP) is 6.15. The average Bonchev–Trinajstić information content (AvgIpc) is 3.01. The highest BCUT2D eigenvalue weighted by Crippen LogP contribution is 2.67. The Labute approximate surface area is 206 Å². The molecule has 0 aromatic carbocycles. The number of aliphatic hydroxyl groups excluding tert-OH is 2. The van der Waals surface area contributed by atoms with Crippen molar-refractivity contribution in [2.45, 2.75) is 98.7 Å². The molecule has 4 nitrogen and oxygen atoms in total. The number of aliphatic carboxylic acids is 1. The van der Waals surface area contributed by atoms with E-state index in [2.05, 4.69) is 60.3 Å². The minimum Gasteiger partial charge on any atom is -0.481 e. The second-order valence-corrected chi connectivity index (χ2v) is 13.3. The summed E-state index contributed by atoms with van der Waals surface area (Å²) in [7, 11) is 0. The summed E-state index contributed by atoms with van der Waals surface area (Å²) in [6.45, 7) is 17.4. The van der Waals surface area contributed by atoms with E-state index in [9.17, 15) is 20.1 Å². The normalized spacial score (nSPS) is 41.6. The van der Waals surface area contributed by atoms with Gasteiger partial charge in [0.2, 0.25) is 0 Å². The number of allylic oxidation sites excluding steroid dienone is 4. The number of carboxylic acid groups (broad SMARTS) is 1. The van der Waals surface area contributed by atoms with E-state index in [1.165, 1.54) is 11.1 Å². The largest absolute Gasteiger partial charge is 0.481 e. The summed E-state index contributed by atoms with van der Waals surface area (Å²) in [6, 6.07) is 0. The van der Waals surface area contributed by atoms with Gasteiger partial charge in [-0.05, 0) is 90.1 Å². The molecule has 3 N–H and O–H groups in total. The van der Waals surface area contributed by atoms with Crippen LogP contribution in [0.15, 0.2) is 35.5 Å². The lowest BCUT2D eigenvalue weighted by molar-refractivity contribution is -0.145. The molecular formula is C30H46O4. The van der Waals surface area contributed by atoms with Gasteiger partial charge in [-0.25, -0.2) is 0 Å². The van der Waals surface area contributed by atoms with Gasteiger partial charge in [0.15, 0.2) is 0 Å². The van der Waals surface area contributed by atoms with Crippen LogP contribution in [0.2, 0.25) is 0 Å². The standard InChI is InChI=1S/C30H46O4/c1-17(2)18(3)8-9-20(27(33)34)22-16-23(31)26-19-10-11-24-28(4,5)25(32)13-15-29(24,6)21(19)12-14-30(22,26)7/h10,12,17,20,22-26,31-32H,3,8-9,11,13-16H2,1-2,4-7H3,(H,33,34)/t20-,22-,23+,24+,25-,26?,29-,30-/m1/s1. The zero-order chi connectivity index (χ0) is 25.2. The summed E-state index contributed by atoms with van der Waals surface area (Å²) >= 11 is 0. The van der Waals surface area contributed by atoms with Crippen LogP contribution in [0.4, 0.5) is 0 Å². The molecule has 4 rings (SSSR count). The highest BCUT2D eigenvalue weighted by atomic mass is 16.4. The SMILES string of the molecule is C=C(CC[C@@H](C(=O)O)[C@H]1C[C@H](O)C2C3=CC[C@H]4C(C)(C)[C@H](O)CC[C@]4(C)C3=CC[C@@]21C)C(C)C. The minimum absolute atomic E-state index is 0.00679. The first-order chi connectivity index (χ1) is 15.7. The van der Waals surface area contributed by atoms with Crippen molar-refractivity contribution in [1.29, 1.82) is 0 Å². The van der Waals surface area contributed by atoms with Crippen molar-refractivity contribution in [3.8, 4) is 0 Å². The minimum atomic E-state index is -0.738. The second-order valence-electron chi connectivity index (χ2n) is 13.3. The van der Waals surface area contributed by atoms with Crippen molar-refractivity contribution in [3.05, 3.63) is 35.5 Å². The Morgan fingerprint density at radius 2 is 1.85 bits per heavy atom. The third-order valence-electron chi connectivity index (χ3n) is 10.9. The lowest BCUT2D eigenvalue weighted by Gasteiger charge is -2.58. The van der Waals surface area contributed by atoms with E-state index in [-0.39, 0.29) is 34.2 Å². The molecule has 0 aromatic heterocycles. The van der Waals surface area contributed by atoms with Crippen molar-refractivity contribution in [2.75, 3.05) is 0 Å². The van der Waals surface area contributed by atoms with E-state index in [4.69, 9.17) is 0 Å². The van der Waals surface area contributed by atoms with Crippen LogP contribution in [-0.4, -0.2) is 33.5 Å². The fraction of sp³-hybridized carbons (Fsp3) is 0.767. The quantitative estimate of drug-likeness (QED) is 0.407. The molecule has 0 aliphatic heterocycles. The number of carbonyl (C=O) groups is 1. The van der Waals surface area contributed by atoms with E-state index < -0.39 is 18.0 Å². The molecule has 8 atom stereocenters. The van der Waals surface area contributed by atoms with Gasteiger partial charge in [-0.3, -0.25) is 4.79 Å². The molecule has 0 aromatic rings. The van der Waals surface area contributed by atoms with E-state index in [0.29, 0.717) is 24.7 Å². The lowest BCUT2D eigenvalue weighted by atomic mass is 9.46. The molecule has 1 unspecified atom stereocenters. The Morgan fingerprint density at radius 3 is 2.47 bits per heavy atom. The lowest BCUT2D eigenvalue weighted by Crippen LogP contribution is -2.53. The molecule has 190 valence electrons. The molecule has 0 heterocycles. The van der Waals surface area contributed by atoms with Crippen LogP contribution in [0, 0.1) is 45.8 Å². The van der Waals surface area contributed by atoms with Crippen molar-refractivity contribution in [3.63, 3.8) is 0 Å². The van der Waals surface area contributed by atoms with Crippen LogP contribution in [0.25, 0.3) is 0 Å². The van der Waals surface area contributed by atoms with Crippen LogP contribution in [0.5, 0.6) is 0 Å². The molecule has 0 bridgehead atoms. The topological polar surface area (TPSA) is 77.8 Å². The molecule has 4 aliphatic carbocycles. The van der Waals surface area contributed by atoms with Crippen molar-refractivity contribution in [2.24, 2.45) is 45.8 Å². The Kier molecular flexibility index (Phi) is 6.52. The third kappa shape index (κ3) is 3.75. The predicted molar refractivity (Wildman–Crippen MR) is 136 cm³/mol. The van der Waals surface area contributed by atoms with Crippen LogP contribution < -0.4 is 0 Å². The molecule has 0 saturated heterocycles. The first-order valence-corrected chi connectivity index (χ1v) is 13.4. The number of hydrogen-bond acceptors (Lipinski definition) is 3. The summed E-state index contributed by atoms with van der Waals surface area (Å²) in [5.74, 6) is -0.554.